The lowest BCUT2D eigenvalue weighted by Crippen LogP contribution is -2.47. The Bertz CT molecular complexity index is 501. The third kappa shape index (κ3) is 3.72. The molecule has 116 valence electrons. The van der Waals surface area contributed by atoms with Crippen molar-refractivity contribution in [3.8, 4) is 0 Å². The molecule has 1 aromatic rings. The molecule has 0 unspecified atom stereocenters. The maximum atomic E-state index is 12.7. The van der Waals surface area contributed by atoms with Gasteiger partial charge in [0, 0.05) is 29.4 Å². The van der Waals surface area contributed by atoms with Crippen LogP contribution in [0.1, 0.15) is 42.1 Å². The van der Waals surface area contributed by atoms with E-state index < -0.39 is 0 Å². The molecule has 6 heteroatoms. The third-order valence-corrected chi connectivity index (χ3v) is 6.22. The number of thiazole rings is 1. The van der Waals surface area contributed by atoms with Crippen LogP contribution in [0.2, 0.25) is 0 Å². The number of rotatable bonds is 3. The monoisotopic (exact) mass is 325 g/mol. The molecule has 3 rings (SSSR count). The van der Waals surface area contributed by atoms with Gasteiger partial charge in [0.25, 0.3) is 0 Å². The van der Waals surface area contributed by atoms with Crippen molar-refractivity contribution in [1.82, 2.24) is 15.2 Å². The van der Waals surface area contributed by atoms with Crippen molar-refractivity contribution < 1.29 is 4.79 Å². The Hall–Kier alpha value is -0.750. The standard InChI is InChI=1S/C15H23N3OS2/c1-10-5-7-20-8-6-18(10)15(19)17-13(12-3-4-12)14-16-9-11(2)21-14/h9-10,12-13H,3-8H2,1-2H3,(H,17,19)/t10-,13-/m1/s1. The number of carbonyl (C=O) groups is 1. The van der Waals surface area contributed by atoms with Gasteiger partial charge in [-0.3, -0.25) is 0 Å². The van der Waals surface area contributed by atoms with Gasteiger partial charge in [0.2, 0.25) is 0 Å². The van der Waals surface area contributed by atoms with E-state index in [1.807, 2.05) is 22.9 Å². The van der Waals surface area contributed by atoms with E-state index in [1.165, 1.54) is 17.7 Å². The fraction of sp³-hybridized carbons (Fsp3) is 0.733. The van der Waals surface area contributed by atoms with Gasteiger partial charge in [-0.1, -0.05) is 0 Å². The molecule has 0 radical (unpaired) electrons. The zero-order valence-electron chi connectivity index (χ0n) is 12.7. The van der Waals surface area contributed by atoms with Crippen molar-refractivity contribution in [2.45, 2.75) is 45.2 Å². The highest BCUT2D eigenvalue weighted by molar-refractivity contribution is 7.99. The Morgan fingerprint density at radius 1 is 1.43 bits per heavy atom. The van der Waals surface area contributed by atoms with Crippen LogP contribution in [0.15, 0.2) is 6.20 Å². The Balaban J connectivity index is 1.68. The van der Waals surface area contributed by atoms with E-state index in [1.54, 1.807) is 11.3 Å². The topological polar surface area (TPSA) is 45.2 Å². The lowest BCUT2D eigenvalue weighted by atomic mass is 10.2. The lowest BCUT2D eigenvalue weighted by Gasteiger charge is -2.29. The first-order chi connectivity index (χ1) is 10.1. The van der Waals surface area contributed by atoms with Gasteiger partial charge in [0.1, 0.15) is 5.01 Å². The number of aromatic nitrogens is 1. The summed E-state index contributed by atoms with van der Waals surface area (Å²) in [6.45, 7) is 5.08. The second-order valence-electron chi connectivity index (χ2n) is 6.02. The molecular formula is C15H23N3OS2. The van der Waals surface area contributed by atoms with Crippen LogP contribution < -0.4 is 5.32 Å². The number of nitrogens with zero attached hydrogens (tertiary/aromatic N) is 2. The van der Waals surface area contributed by atoms with Crippen LogP contribution in [-0.2, 0) is 0 Å². The molecule has 1 aromatic heterocycles. The minimum absolute atomic E-state index is 0.0924. The molecule has 2 heterocycles. The van der Waals surface area contributed by atoms with Crippen molar-refractivity contribution in [2.75, 3.05) is 18.1 Å². The van der Waals surface area contributed by atoms with Gasteiger partial charge in [-0.25, -0.2) is 9.78 Å². The molecule has 1 saturated heterocycles. The first-order valence-electron chi connectivity index (χ1n) is 7.72. The summed E-state index contributed by atoms with van der Waals surface area (Å²) in [6.07, 6.45) is 5.40. The van der Waals surface area contributed by atoms with E-state index >= 15 is 0 Å². The molecule has 2 aliphatic rings. The Kier molecular flexibility index (Phi) is 4.74. The van der Waals surface area contributed by atoms with Crippen LogP contribution in [0.3, 0.4) is 0 Å². The van der Waals surface area contributed by atoms with Gasteiger partial charge in [0.15, 0.2) is 0 Å². The minimum Gasteiger partial charge on any atom is -0.328 e. The van der Waals surface area contributed by atoms with Crippen LogP contribution in [0, 0.1) is 12.8 Å². The van der Waals surface area contributed by atoms with Crippen molar-refractivity contribution in [3.63, 3.8) is 0 Å². The van der Waals surface area contributed by atoms with E-state index in [9.17, 15) is 4.79 Å². The molecule has 2 amide bonds. The summed E-state index contributed by atoms with van der Waals surface area (Å²) in [4.78, 5) is 20.4. The molecule has 1 aliphatic heterocycles. The normalized spacial score (nSPS) is 24.5. The zero-order valence-corrected chi connectivity index (χ0v) is 14.3. The van der Waals surface area contributed by atoms with E-state index in [0.29, 0.717) is 12.0 Å². The van der Waals surface area contributed by atoms with Gasteiger partial charge in [-0.05, 0) is 44.8 Å². The Labute approximate surface area is 134 Å². The highest BCUT2D eigenvalue weighted by Crippen LogP contribution is 2.42. The molecule has 0 spiro atoms. The van der Waals surface area contributed by atoms with Crippen molar-refractivity contribution in [1.29, 1.82) is 0 Å². The van der Waals surface area contributed by atoms with Crippen molar-refractivity contribution in [2.24, 2.45) is 5.92 Å². The summed E-state index contributed by atoms with van der Waals surface area (Å²) in [5, 5.41) is 4.33. The predicted molar refractivity (Wildman–Crippen MR) is 89.0 cm³/mol. The lowest BCUT2D eigenvalue weighted by molar-refractivity contribution is 0.177. The molecule has 2 fully saturated rings. The van der Waals surface area contributed by atoms with Crippen molar-refractivity contribution >= 4 is 29.1 Å². The molecule has 1 saturated carbocycles. The number of amides is 2. The third-order valence-electron chi connectivity index (χ3n) is 4.23. The fourth-order valence-electron chi connectivity index (χ4n) is 2.74. The smallest absolute Gasteiger partial charge is 0.318 e. The molecule has 0 bridgehead atoms. The highest BCUT2D eigenvalue weighted by Gasteiger charge is 2.36. The van der Waals surface area contributed by atoms with Gasteiger partial charge in [-0.15, -0.1) is 11.3 Å². The number of aryl methyl sites for hydroxylation is 1. The van der Waals surface area contributed by atoms with E-state index in [4.69, 9.17) is 0 Å². The van der Waals surface area contributed by atoms with Crippen molar-refractivity contribution in [3.05, 3.63) is 16.1 Å². The summed E-state index contributed by atoms with van der Waals surface area (Å²) < 4.78 is 0. The number of thioether (sulfide) groups is 1. The van der Waals surface area contributed by atoms with Crippen LogP contribution >= 0.6 is 23.1 Å². The first kappa shape index (κ1) is 15.2. The summed E-state index contributed by atoms with van der Waals surface area (Å²) >= 11 is 3.66. The summed E-state index contributed by atoms with van der Waals surface area (Å²) in [6, 6.07) is 0.534. The number of hydrogen-bond donors (Lipinski definition) is 1. The Morgan fingerprint density at radius 2 is 2.24 bits per heavy atom. The number of carbonyl (C=O) groups excluding carboxylic acids is 1. The van der Waals surface area contributed by atoms with Gasteiger partial charge < -0.3 is 10.2 Å². The average Bonchev–Trinajstić information content (AvgIpc) is 3.23. The molecular weight excluding hydrogens is 302 g/mol. The Morgan fingerprint density at radius 3 is 2.90 bits per heavy atom. The molecule has 1 N–H and O–H groups in total. The molecule has 2 atom stereocenters. The maximum Gasteiger partial charge on any atom is 0.318 e. The van der Waals surface area contributed by atoms with Gasteiger partial charge in [-0.2, -0.15) is 11.8 Å². The SMILES string of the molecule is Cc1cnc([C@H](NC(=O)N2CCSCC[C@H]2C)C2CC2)s1. The van der Waals surface area contributed by atoms with Gasteiger partial charge in [0.05, 0.1) is 6.04 Å². The average molecular weight is 326 g/mol. The van der Waals surface area contributed by atoms with E-state index in [2.05, 4.69) is 24.1 Å². The van der Waals surface area contributed by atoms with E-state index in [-0.39, 0.29) is 12.1 Å². The van der Waals surface area contributed by atoms with Crippen LogP contribution in [0.4, 0.5) is 4.79 Å². The van der Waals surface area contributed by atoms with Gasteiger partial charge >= 0.3 is 6.03 Å². The van der Waals surface area contributed by atoms with Crippen LogP contribution in [0.5, 0.6) is 0 Å². The summed E-state index contributed by atoms with van der Waals surface area (Å²) in [5.41, 5.74) is 0. The largest absolute Gasteiger partial charge is 0.328 e. The molecule has 1 aliphatic carbocycles. The summed E-state index contributed by atoms with van der Waals surface area (Å²) in [7, 11) is 0. The second kappa shape index (κ2) is 6.57. The first-order valence-corrected chi connectivity index (χ1v) is 9.69. The number of hydrogen-bond acceptors (Lipinski definition) is 4. The molecule has 4 nitrogen and oxygen atoms in total. The minimum atomic E-state index is 0.0924. The highest BCUT2D eigenvalue weighted by atomic mass is 32.2. The predicted octanol–water partition coefficient (Wildman–Crippen LogP) is 3.44. The quantitative estimate of drug-likeness (QED) is 0.926. The van der Waals surface area contributed by atoms with Crippen LogP contribution in [-0.4, -0.2) is 40.0 Å². The maximum absolute atomic E-state index is 12.7. The van der Waals surface area contributed by atoms with E-state index in [0.717, 1.165) is 29.5 Å². The summed E-state index contributed by atoms with van der Waals surface area (Å²) in [5.74, 6) is 2.78. The number of nitrogens with one attached hydrogen (secondary N) is 1. The van der Waals surface area contributed by atoms with Crippen LogP contribution in [0.25, 0.3) is 0 Å². The second-order valence-corrected chi connectivity index (χ2v) is 8.51. The molecule has 21 heavy (non-hydrogen) atoms. The zero-order chi connectivity index (χ0) is 14.8. The fourth-order valence-corrected chi connectivity index (χ4v) is 4.70. The number of urea groups is 1. The molecule has 0 aromatic carbocycles.